The minimum atomic E-state index is -0.298. The van der Waals surface area contributed by atoms with Gasteiger partial charge in [-0.2, -0.15) is 0 Å². The molecule has 0 atom stereocenters. The Morgan fingerprint density at radius 3 is 2.47 bits per heavy atom. The lowest BCUT2D eigenvalue weighted by molar-refractivity contribution is -0.385. The molecule has 1 rings (SSSR count). The second kappa shape index (κ2) is 7.77. The predicted molar refractivity (Wildman–Crippen MR) is 76.8 cm³/mol. The van der Waals surface area contributed by atoms with Crippen molar-refractivity contribution in [2.45, 2.75) is 52.4 Å². The molecule has 1 aromatic rings. The fourth-order valence-corrected chi connectivity index (χ4v) is 2.33. The molecular weight excluding hydrogens is 242 g/mol. The van der Waals surface area contributed by atoms with Crippen LogP contribution in [-0.2, 0) is 6.42 Å². The number of benzene rings is 1. The normalized spacial score (nSPS) is 10.5. The molecule has 0 spiro atoms. The fourth-order valence-electron chi connectivity index (χ4n) is 2.33. The lowest BCUT2D eigenvalue weighted by atomic mass is 9.99. The monoisotopic (exact) mass is 265 g/mol. The van der Waals surface area contributed by atoms with Crippen molar-refractivity contribution in [2.24, 2.45) is 0 Å². The average Bonchev–Trinajstić information content (AvgIpc) is 2.39. The smallest absolute Gasteiger partial charge is 0.273 e. The second-order valence-electron chi connectivity index (χ2n) is 4.81. The third-order valence-corrected chi connectivity index (χ3v) is 3.47. The van der Waals surface area contributed by atoms with E-state index >= 15 is 0 Å². The van der Waals surface area contributed by atoms with Crippen LogP contribution in [0, 0.1) is 17.0 Å². The molecule has 0 aliphatic carbocycles. The highest BCUT2D eigenvalue weighted by Crippen LogP contribution is 2.30. The van der Waals surface area contributed by atoms with Gasteiger partial charge in [-0.05, 0) is 25.8 Å². The van der Waals surface area contributed by atoms with Crippen molar-refractivity contribution < 1.29 is 9.66 Å². The first kappa shape index (κ1) is 15.5. The van der Waals surface area contributed by atoms with Crippen LogP contribution in [0.5, 0.6) is 5.75 Å². The summed E-state index contributed by atoms with van der Waals surface area (Å²) in [5.74, 6) is 0.731. The lowest BCUT2D eigenvalue weighted by Gasteiger charge is -2.11. The highest BCUT2D eigenvalue weighted by atomic mass is 16.6. The maximum atomic E-state index is 11.1. The lowest BCUT2D eigenvalue weighted by Crippen LogP contribution is -2.01. The number of nitrogens with zero attached hydrogens (tertiary/aromatic N) is 1. The van der Waals surface area contributed by atoms with E-state index in [0.29, 0.717) is 0 Å². The number of unbranched alkanes of at least 4 members (excludes halogenated alkanes) is 4. The van der Waals surface area contributed by atoms with E-state index in [4.69, 9.17) is 4.74 Å². The van der Waals surface area contributed by atoms with E-state index in [1.54, 1.807) is 19.2 Å². The Morgan fingerprint density at radius 1 is 1.21 bits per heavy atom. The van der Waals surface area contributed by atoms with E-state index in [-0.39, 0.29) is 10.6 Å². The topological polar surface area (TPSA) is 52.4 Å². The first-order chi connectivity index (χ1) is 9.11. The van der Waals surface area contributed by atoms with Crippen LogP contribution in [0.1, 0.15) is 50.2 Å². The molecular formula is C15H23NO3. The largest absolute Gasteiger partial charge is 0.496 e. The van der Waals surface area contributed by atoms with Crippen LogP contribution in [0.3, 0.4) is 0 Å². The molecule has 0 aromatic heterocycles. The highest BCUT2D eigenvalue weighted by molar-refractivity contribution is 5.51. The van der Waals surface area contributed by atoms with Gasteiger partial charge in [-0.3, -0.25) is 10.1 Å². The van der Waals surface area contributed by atoms with Crippen molar-refractivity contribution in [1.82, 2.24) is 0 Å². The summed E-state index contributed by atoms with van der Waals surface area (Å²) in [6, 6.07) is 3.22. The van der Waals surface area contributed by atoms with E-state index in [9.17, 15) is 10.1 Å². The molecule has 0 N–H and O–H groups in total. The van der Waals surface area contributed by atoms with Gasteiger partial charge in [-0.1, -0.05) is 32.6 Å². The Labute approximate surface area is 114 Å². The van der Waals surface area contributed by atoms with Crippen molar-refractivity contribution in [3.05, 3.63) is 33.4 Å². The fraction of sp³-hybridized carbons (Fsp3) is 0.600. The molecule has 0 heterocycles. The summed E-state index contributed by atoms with van der Waals surface area (Å²) in [7, 11) is 1.60. The van der Waals surface area contributed by atoms with Crippen LogP contribution >= 0.6 is 0 Å². The van der Waals surface area contributed by atoms with Gasteiger partial charge < -0.3 is 4.74 Å². The van der Waals surface area contributed by atoms with Crippen molar-refractivity contribution >= 4 is 5.69 Å². The Balaban J connectivity index is 2.80. The minimum absolute atomic E-state index is 0.216. The molecule has 0 saturated carbocycles. The molecule has 4 nitrogen and oxygen atoms in total. The predicted octanol–water partition coefficient (Wildman–Crippen LogP) is 4.42. The number of nitro groups is 1. The Bertz CT molecular complexity index is 430. The SMILES string of the molecule is CCCCCCCc1c([N+](=O)[O-])ccc(OC)c1C. The van der Waals surface area contributed by atoms with Gasteiger partial charge in [0.15, 0.2) is 0 Å². The van der Waals surface area contributed by atoms with Crippen LogP contribution in [-0.4, -0.2) is 12.0 Å². The van der Waals surface area contributed by atoms with Gasteiger partial charge in [0, 0.05) is 17.2 Å². The summed E-state index contributed by atoms with van der Waals surface area (Å²) in [5, 5.41) is 11.1. The van der Waals surface area contributed by atoms with E-state index in [0.717, 1.165) is 36.1 Å². The molecule has 4 heteroatoms. The van der Waals surface area contributed by atoms with Gasteiger partial charge in [0.2, 0.25) is 0 Å². The number of nitro benzene ring substituents is 1. The summed E-state index contributed by atoms with van der Waals surface area (Å²) >= 11 is 0. The number of ether oxygens (including phenoxy) is 1. The molecule has 106 valence electrons. The van der Waals surface area contributed by atoms with Crippen molar-refractivity contribution in [1.29, 1.82) is 0 Å². The van der Waals surface area contributed by atoms with Crippen LogP contribution in [0.2, 0.25) is 0 Å². The van der Waals surface area contributed by atoms with Gasteiger partial charge in [0.25, 0.3) is 5.69 Å². The molecule has 0 saturated heterocycles. The maximum Gasteiger partial charge on any atom is 0.273 e. The van der Waals surface area contributed by atoms with E-state index in [2.05, 4.69) is 6.92 Å². The Morgan fingerprint density at radius 2 is 1.89 bits per heavy atom. The van der Waals surface area contributed by atoms with E-state index in [1.807, 2.05) is 6.92 Å². The summed E-state index contributed by atoms with van der Waals surface area (Å²) in [6.45, 7) is 4.07. The van der Waals surface area contributed by atoms with E-state index < -0.39 is 0 Å². The zero-order valence-corrected chi connectivity index (χ0v) is 12.1. The summed E-state index contributed by atoms with van der Waals surface area (Å²) in [6.07, 6.45) is 6.52. The Hall–Kier alpha value is -1.58. The average molecular weight is 265 g/mol. The third kappa shape index (κ3) is 4.23. The van der Waals surface area contributed by atoms with Gasteiger partial charge in [-0.25, -0.2) is 0 Å². The van der Waals surface area contributed by atoms with Gasteiger partial charge in [-0.15, -0.1) is 0 Å². The number of methoxy groups -OCH3 is 1. The van der Waals surface area contributed by atoms with Crippen molar-refractivity contribution in [2.75, 3.05) is 7.11 Å². The molecule has 0 bridgehead atoms. The van der Waals surface area contributed by atoms with Crippen LogP contribution in [0.4, 0.5) is 5.69 Å². The molecule has 0 aliphatic heterocycles. The molecule has 1 aromatic carbocycles. The number of rotatable bonds is 8. The third-order valence-electron chi connectivity index (χ3n) is 3.47. The van der Waals surface area contributed by atoms with Gasteiger partial charge in [0.1, 0.15) is 5.75 Å². The van der Waals surface area contributed by atoms with Crippen molar-refractivity contribution in [3.63, 3.8) is 0 Å². The number of hydrogen-bond acceptors (Lipinski definition) is 3. The molecule has 0 amide bonds. The zero-order chi connectivity index (χ0) is 14.3. The molecule has 0 unspecified atom stereocenters. The maximum absolute atomic E-state index is 11.1. The quantitative estimate of drug-likeness (QED) is 0.397. The minimum Gasteiger partial charge on any atom is -0.496 e. The van der Waals surface area contributed by atoms with Crippen LogP contribution in [0.15, 0.2) is 12.1 Å². The van der Waals surface area contributed by atoms with Crippen LogP contribution in [0.25, 0.3) is 0 Å². The molecule has 19 heavy (non-hydrogen) atoms. The van der Waals surface area contributed by atoms with E-state index in [1.165, 1.54) is 19.3 Å². The van der Waals surface area contributed by atoms with Crippen molar-refractivity contribution in [3.8, 4) is 5.75 Å². The summed E-state index contributed by atoms with van der Waals surface area (Å²) < 4.78 is 5.24. The summed E-state index contributed by atoms with van der Waals surface area (Å²) in [5.41, 5.74) is 1.93. The highest BCUT2D eigenvalue weighted by Gasteiger charge is 2.18. The standard InChI is InChI=1S/C15H23NO3/c1-4-5-6-7-8-9-13-12(2)15(19-3)11-10-14(13)16(17)18/h10-11H,4-9H2,1-3H3. The summed E-state index contributed by atoms with van der Waals surface area (Å²) in [4.78, 5) is 10.8. The van der Waals surface area contributed by atoms with Gasteiger partial charge in [0.05, 0.1) is 12.0 Å². The first-order valence-electron chi connectivity index (χ1n) is 6.92. The second-order valence-corrected chi connectivity index (χ2v) is 4.81. The zero-order valence-electron chi connectivity index (χ0n) is 12.1. The van der Waals surface area contributed by atoms with Crippen LogP contribution < -0.4 is 4.74 Å². The molecule has 0 aliphatic rings. The number of hydrogen-bond donors (Lipinski definition) is 0. The van der Waals surface area contributed by atoms with Gasteiger partial charge >= 0.3 is 0 Å². The Kier molecular flexibility index (Phi) is 6.33. The molecule has 0 radical (unpaired) electrons. The molecule has 0 fully saturated rings. The first-order valence-corrected chi connectivity index (χ1v) is 6.92.